The number of fused-ring (bicyclic) bond motifs is 2. The fourth-order valence-corrected chi connectivity index (χ4v) is 2.56. The molecular weight excluding hydrogens is 232 g/mol. The Hall–Kier alpha value is -2.48. The molecular formula is C17H12N2. The van der Waals surface area contributed by atoms with Gasteiger partial charge in [0.25, 0.3) is 0 Å². The first-order chi connectivity index (χ1) is 9.35. The fraction of sp³-hybridized carbons (Fsp3) is 0.0588. The number of rotatable bonds is 0. The fourth-order valence-electron chi connectivity index (χ4n) is 2.56. The van der Waals surface area contributed by atoms with E-state index in [0.717, 1.165) is 11.3 Å². The van der Waals surface area contributed by atoms with Crippen molar-refractivity contribution in [3.63, 3.8) is 0 Å². The molecule has 0 radical (unpaired) electrons. The standard InChI is InChI=1S/C17H12N2/c1-2-6-14-10-17(9-13(14)5-1)12-18-16-8-4-3-7-15(16)11-19-17/h1-12H. The van der Waals surface area contributed by atoms with Crippen molar-refractivity contribution >= 4 is 30.3 Å². The molecule has 2 nitrogen and oxygen atoms in total. The first-order valence-corrected chi connectivity index (χ1v) is 6.35. The smallest absolute Gasteiger partial charge is 0.134 e. The van der Waals surface area contributed by atoms with E-state index in [0.29, 0.717) is 0 Å². The molecule has 0 saturated heterocycles. The normalized spacial score (nSPS) is 17.3. The van der Waals surface area contributed by atoms with E-state index in [1.54, 1.807) is 0 Å². The van der Waals surface area contributed by atoms with Crippen LogP contribution in [0.25, 0.3) is 12.2 Å². The van der Waals surface area contributed by atoms with Crippen molar-refractivity contribution in [2.24, 2.45) is 9.98 Å². The number of nitrogens with zero attached hydrogens (tertiary/aromatic N) is 2. The van der Waals surface area contributed by atoms with Gasteiger partial charge in [-0.25, -0.2) is 0 Å². The average molecular weight is 244 g/mol. The first kappa shape index (κ1) is 10.4. The predicted octanol–water partition coefficient (Wildman–Crippen LogP) is 1.84. The molecule has 2 aromatic carbocycles. The molecule has 0 fully saturated rings. The van der Waals surface area contributed by atoms with Crippen LogP contribution in [-0.2, 0) is 0 Å². The van der Waals surface area contributed by atoms with Crippen molar-refractivity contribution in [1.29, 1.82) is 0 Å². The summed E-state index contributed by atoms with van der Waals surface area (Å²) in [6.07, 6.45) is 8.17. The van der Waals surface area contributed by atoms with E-state index in [-0.39, 0.29) is 0 Å². The van der Waals surface area contributed by atoms with Crippen LogP contribution >= 0.6 is 0 Å². The van der Waals surface area contributed by atoms with Crippen molar-refractivity contribution in [3.05, 3.63) is 64.5 Å². The lowest BCUT2D eigenvalue weighted by Crippen LogP contribution is -2.20. The van der Waals surface area contributed by atoms with Crippen LogP contribution in [0, 0.1) is 0 Å². The summed E-state index contributed by atoms with van der Waals surface area (Å²) < 4.78 is 0. The Morgan fingerprint density at radius 2 is 1.47 bits per heavy atom. The summed E-state index contributed by atoms with van der Waals surface area (Å²) in [6, 6.07) is 16.4. The Balaban J connectivity index is 1.92. The summed E-state index contributed by atoms with van der Waals surface area (Å²) in [5.74, 6) is 0. The van der Waals surface area contributed by atoms with Gasteiger partial charge in [0.15, 0.2) is 0 Å². The van der Waals surface area contributed by atoms with Crippen molar-refractivity contribution in [3.8, 4) is 0 Å². The monoisotopic (exact) mass is 244 g/mol. The van der Waals surface area contributed by atoms with Crippen LogP contribution in [0.2, 0.25) is 0 Å². The highest BCUT2D eigenvalue weighted by Crippen LogP contribution is 2.24. The first-order valence-electron chi connectivity index (χ1n) is 6.35. The third-order valence-corrected chi connectivity index (χ3v) is 3.54. The highest BCUT2D eigenvalue weighted by molar-refractivity contribution is 6.00. The van der Waals surface area contributed by atoms with Crippen LogP contribution in [0.1, 0.15) is 5.56 Å². The van der Waals surface area contributed by atoms with Crippen LogP contribution in [0.4, 0.5) is 5.69 Å². The van der Waals surface area contributed by atoms with Crippen molar-refractivity contribution < 1.29 is 0 Å². The summed E-state index contributed by atoms with van der Waals surface area (Å²) in [5, 5.41) is 2.44. The highest BCUT2D eigenvalue weighted by Gasteiger charge is 2.25. The SMILES string of the molecule is C1=Nc2ccccc2C=NC12C=c1ccccc1=C2. The maximum Gasteiger partial charge on any atom is 0.134 e. The molecule has 0 bridgehead atoms. The lowest BCUT2D eigenvalue weighted by atomic mass is 10.0. The van der Waals surface area contributed by atoms with Gasteiger partial charge in [-0.3, -0.25) is 9.98 Å². The van der Waals surface area contributed by atoms with Crippen LogP contribution in [0.5, 0.6) is 0 Å². The number of aliphatic imine (C=N–C) groups is 2. The topological polar surface area (TPSA) is 24.7 Å². The van der Waals surface area contributed by atoms with Crippen molar-refractivity contribution in [2.45, 2.75) is 5.54 Å². The minimum atomic E-state index is -0.428. The molecule has 1 heterocycles. The largest absolute Gasteiger partial charge is 0.272 e. The Bertz CT molecular complexity index is 758. The summed E-state index contributed by atoms with van der Waals surface area (Å²) >= 11 is 0. The molecule has 2 heteroatoms. The van der Waals surface area contributed by atoms with Gasteiger partial charge in [0.2, 0.25) is 0 Å². The van der Waals surface area contributed by atoms with Gasteiger partial charge >= 0.3 is 0 Å². The molecule has 1 aliphatic carbocycles. The maximum atomic E-state index is 4.72. The van der Waals surface area contributed by atoms with Crippen molar-refractivity contribution in [1.82, 2.24) is 0 Å². The zero-order chi connectivity index (χ0) is 12.7. The molecule has 0 saturated carbocycles. The lowest BCUT2D eigenvalue weighted by molar-refractivity contribution is 1.02. The van der Waals surface area contributed by atoms with E-state index in [2.05, 4.69) is 41.4 Å². The number of benzene rings is 2. The maximum absolute atomic E-state index is 4.72. The van der Waals surface area contributed by atoms with Gasteiger partial charge in [0.05, 0.1) is 5.69 Å². The summed E-state index contributed by atoms with van der Waals surface area (Å²) in [6.45, 7) is 0. The van der Waals surface area contributed by atoms with Crippen LogP contribution < -0.4 is 10.4 Å². The molecule has 19 heavy (non-hydrogen) atoms. The summed E-state index contributed by atoms with van der Waals surface area (Å²) in [7, 11) is 0. The van der Waals surface area contributed by atoms with Crippen LogP contribution in [0.3, 0.4) is 0 Å². The van der Waals surface area contributed by atoms with Gasteiger partial charge in [0, 0.05) is 18.0 Å². The zero-order valence-electron chi connectivity index (χ0n) is 10.3. The summed E-state index contributed by atoms with van der Waals surface area (Å²) in [5.41, 5.74) is 1.61. The Morgan fingerprint density at radius 3 is 2.26 bits per heavy atom. The second-order valence-electron chi connectivity index (χ2n) is 4.88. The third kappa shape index (κ3) is 1.65. The Kier molecular flexibility index (Phi) is 2.06. The minimum Gasteiger partial charge on any atom is -0.272 e. The summed E-state index contributed by atoms with van der Waals surface area (Å²) in [4.78, 5) is 9.32. The molecule has 1 spiro atoms. The predicted molar refractivity (Wildman–Crippen MR) is 79.5 cm³/mol. The van der Waals surface area contributed by atoms with E-state index in [4.69, 9.17) is 4.99 Å². The van der Waals surface area contributed by atoms with E-state index in [1.807, 2.05) is 36.7 Å². The molecule has 2 aliphatic rings. The van der Waals surface area contributed by atoms with Gasteiger partial charge in [-0.1, -0.05) is 42.5 Å². The van der Waals surface area contributed by atoms with E-state index in [9.17, 15) is 0 Å². The van der Waals surface area contributed by atoms with E-state index in [1.165, 1.54) is 10.4 Å². The number of para-hydroxylation sites is 1. The number of hydrogen-bond donors (Lipinski definition) is 0. The van der Waals surface area contributed by atoms with Gasteiger partial charge in [-0.05, 0) is 28.7 Å². The molecule has 0 aromatic heterocycles. The van der Waals surface area contributed by atoms with Crippen molar-refractivity contribution in [2.75, 3.05) is 0 Å². The molecule has 0 unspecified atom stereocenters. The molecule has 0 N–H and O–H groups in total. The Labute approximate surface area is 111 Å². The van der Waals surface area contributed by atoms with E-state index < -0.39 is 5.54 Å². The quantitative estimate of drug-likeness (QED) is 0.675. The highest BCUT2D eigenvalue weighted by atomic mass is 14.9. The van der Waals surface area contributed by atoms with Gasteiger partial charge in [-0.15, -0.1) is 0 Å². The molecule has 1 aliphatic heterocycles. The molecule has 90 valence electrons. The van der Waals surface area contributed by atoms with Crippen LogP contribution in [-0.4, -0.2) is 18.0 Å². The average Bonchev–Trinajstić information content (AvgIpc) is 2.72. The zero-order valence-corrected chi connectivity index (χ0v) is 10.3. The van der Waals surface area contributed by atoms with Crippen LogP contribution in [0.15, 0.2) is 58.5 Å². The number of hydrogen-bond acceptors (Lipinski definition) is 2. The third-order valence-electron chi connectivity index (χ3n) is 3.54. The molecule has 4 rings (SSSR count). The molecule has 2 aromatic rings. The molecule has 0 atom stereocenters. The lowest BCUT2D eigenvalue weighted by Gasteiger charge is -2.12. The molecule has 0 amide bonds. The second kappa shape index (κ2) is 3.75. The Morgan fingerprint density at radius 1 is 0.789 bits per heavy atom. The van der Waals surface area contributed by atoms with Gasteiger partial charge in [-0.2, -0.15) is 0 Å². The van der Waals surface area contributed by atoms with E-state index >= 15 is 0 Å². The van der Waals surface area contributed by atoms with Gasteiger partial charge in [0.1, 0.15) is 5.54 Å². The van der Waals surface area contributed by atoms with Gasteiger partial charge < -0.3 is 0 Å². The minimum absolute atomic E-state index is 0.428. The second-order valence-corrected chi connectivity index (χ2v) is 4.88.